The number of nitrogens with zero attached hydrogens (tertiary/aromatic N) is 2. The van der Waals surface area contributed by atoms with Gasteiger partial charge in [-0.15, -0.1) is 0 Å². The summed E-state index contributed by atoms with van der Waals surface area (Å²) in [5.41, 5.74) is 2.20. The minimum atomic E-state index is -0.176. The first-order valence-corrected chi connectivity index (χ1v) is 13.1. The Morgan fingerprint density at radius 1 is 0.943 bits per heavy atom. The predicted octanol–water partition coefficient (Wildman–Crippen LogP) is 4.98. The lowest BCUT2D eigenvalue weighted by molar-refractivity contribution is -0.120. The highest BCUT2D eigenvalue weighted by Crippen LogP contribution is 2.26. The van der Waals surface area contributed by atoms with E-state index in [0.29, 0.717) is 5.56 Å². The van der Waals surface area contributed by atoms with Crippen LogP contribution in [0.4, 0.5) is 5.69 Å². The van der Waals surface area contributed by atoms with Crippen LogP contribution in [-0.4, -0.2) is 53.9 Å². The number of aromatic amines is 1. The molecule has 6 nitrogen and oxygen atoms in total. The third-order valence-corrected chi connectivity index (χ3v) is 7.61. The Kier molecular flexibility index (Phi) is 7.48. The fourth-order valence-corrected chi connectivity index (χ4v) is 5.64. The number of hydrogen-bond donors (Lipinski definition) is 2. The summed E-state index contributed by atoms with van der Waals surface area (Å²) >= 11 is 0. The number of nitrogens with one attached hydrogen (secondary N) is 2. The van der Waals surface area contributed by atoms with E-state index in [0.717, 1.165) is 48.4 Å². The molecule has 1 aromatic heterocycles. The van der Waals surface area contributed by atoms with Crippen LogP contribution in [0.25, 0.3) is 10.9 Å². The third kappa shape index (κ3) is 5.93. The molecule has 1 saturated heterocycles. The summed E-state index contributed by atoms with van der Waals surface area (Å²) in [6, 6.07) is 17.2. The van der Waals surface area contributed by atoms with Crippen molar-refractivity contribution in [2.75, 3.05) is 31.1 Å². The Morgan fingerprint density at radius 2 is 1.71 bits per heavy atom. The van der Waals surface area contributed by atoms with Gasteiger partial charge in [0.05, 0.1) is 0 Å². The third-order valence-electron chi connectivity index (χ3n) is 7.61. The zero-order valence-electron chi connectivity index (χ0n) is 20.4. The van der Waals surface area contributed by atoms with Crippen LogP contribution in [0.1, 0.15) is 55.3 Å². The standard InChI is InChI=1S/C29H36N4O2/c34-28(31-25-14-17-32(18-15-25)20-22-7-3-1-4-8-22)21-33(26-9-5-2-6-10-26)29(35)24-12-11-23-13-16-30-27(23)19-24/h2,5-6,9-13,16,19,22,25,30H,1,3-4,7-8,14-15,17-18,20-21H2,(H,31,34). The van der Waals surface area contributed by atoms with Gasteiger partial charge in [-0.3, -0.25) is 14.5 Å². The molecule has 2 aliphatic rings. The maximum atomic E-state index is 13.5. The first kappa shape index (κ1) is 23.6. The largest absolute Gasteiger partial charge is 0.361 e. The topological polar surface area (TPSA) is 68.4 Å². The van der Waals surface area contributed by atoms with Crippen molar-refractivity contribution in [3.8, 4) is 0 Å². The molecule has 5 rings (SSSR count). The summed E-state index contributed by atoms with van der Waals surface area (Å²) in [6.45, 7) is 3.30. The summed E-state index contributed by atoms with van der Waals surface area (Å²) in [6.07, 6.45) is 10.7. The lowest BCUT2D eigenvalue weighted by Gasteiger charge is -2.35. The second-order valence-corrected chi connectivity index (χ2v) is 10.2. The summed E-state index contributed by atoms with van der Waals surface area (Å²) in [5, 5.41) is 4.27. The van der Waals surface area contributed by atoms with E-state index in [1.165, 1.54) is 38.6 Å². The first-order valence-electron chi connectivity index (χ1n) is 13.1. The summed E-state index contributed by atoms with van der Waals surface area (Å²) in [5.74, 6) is 0.574. The summed E-state index contributed by atoms with van der Waals surface area (Å²) in [7, 11) is 0. The second-order valence-electron chi connectivity index (χ2n) is 10.2. The van der Waals surface area contributed by atoms with Crippen LogP contribution in [-0.2, 0) is 4.79 Å². The molecule has 1 aliphatic carbocycles. The highest BCUT2D eigenvalue weighted by molar-refractivity contribution is 6.10. The number of fused-ring (bicyclic) bond motifs is 1. The monoisotopic (exact) mass is 472 g/mol. The van der Waals surface area contributed by atoms with E-state index in [1.807, 2.05) is 60.8 Å². The number of anilines is 1. The Morgan fingerprint density at radius 3 is 2.49 bits per heavy atom. The van der Waals surface area contributed by atoms with E-state index in [2.05, 4.69) is 15.2 Å². The lowest BCUT2D eigenvalue weighted by atomic mass is 9.88. The lowest BCUT2D eigenvalue weighted by Crippen LogP contribution is -2.49. The molecule has 2 aromatic carbocycles. The van der Waals surface area contributed by atoms with Gasteiger partial charge in [0.15, 0.2) is 0 Å². The van der Waals surface area contributed by atoms with Crippen molar-refractivity contribution in [1.82, 2.24) is 15.2 Å². The number of piperidine rings is 1. The molecule has 0 unspecified atom stereocenters. The van der Waals surface area contributed by atoms with E-state index >= 15 is 0 Å². The molecule has 6 heteroatoms. The molecule has 2 amide bonds. The van der Waals surface area contributed by atoms with Crippen LogP contribution < -0.4 is 10.2 Å². The molecule has 1 aliphatic heterocycles. The second kappa shape index (κ2) is 11.1. The van der Waals surface area contributed by atoms with E-state index < -0.39 is 0 Å². The summed E-state index contributed by atoms with van der Waals surface area (Å²) < 4.78 is 0. The SMILES string of the molecule is O=C(CN(C(=O)c1ccc2cc[nH]c2c1)c1ccccc1)NC1CCN(CC2CCCCC2)CC1. The van der Waals surface area contributed by atoms with Gasteiger partial charge in [-0.25, -0.2) is 0 Å². The molecule has 184 valence electrons. The molecule has 0 atom stereocenters. The van der Waals surface area contributed by atoms with Crippen molar-refractivity contribution >= 4 is 28.4 Å². The molecular formula is C29H36N4O2. The molecular weight excluding hydrogens is 436 g/mol. The Hall–Kier alpha value is -3.12. The number of para-hydroxylation sites is 1. The minimum Gasteiger partial charge on any atom is -0.361 e. The first-order chi connectivity index (χ1) is 17.2. The average Bonchev–Trinajstić information content (AvgIpc) is 3.37. The smallest absolute Gasteiger partial charge is 0.258 e. The van der Waals surface area contributed by atoms with Crippen LogP contribution in [0.15, 0.2) is 60.8 Å². The molecule has 0 radical (unpaired) electrons. The molecule has 35 heavy (non-hydrogen) atoms. The van der Waals surface area contributed by atoms with Crippen LogP contribution in [0, 0.1) is 5.92 Å². The molecule has 0 spiro atoms. The van der Waals surface area contributed by atoms with Crippen LogP contribution in [0.5, 0.6) is 0 Å². The molecule has 2 N–H and O–H groups in total. The van der Waals surface area contributed by atoms with E-state index in [-0.39, 0.29) is 24.4 Å². The predicted molar refractivity (Wildman–Crippen MR) is 141 cm³/mol. The van der Waals surface area contributed by atoms with Gasteiger partial charge in [-0.1, -0.05) is 43.5 Å². The van der Waals surface area contributed by atoms with Crippen molar-refractivity contribution in [3.05, 3.63) is 66.4 Å². The minimum absolute atomic E-state index is 0.00784. The average molecular weight is 473 g/mol. The molecule has 0 bridgehead atoms. The van der Waals surface area contributed by atoms with Crippen molar-refractivity contribution in [1.29, 1.82) is 0 Å². The Labute approximate surface area is 207 Å². The number of carbonyl (C=O) groups is 2. The van der Waals surface area contributed by atoms with Crippen LogP contribution in [0.3, 0.4) is 0 Å². The van der Waals surface area contributed by atoms with Gasteiger partial charge in [0.1, 0.15) is 6.54 Å². The van der Waals surface area contributed by atoms with Gasteiger partial charge in [-0.05, 0) is 67.3 Å². The number of rotatable bonds is 7. The van der Waals surface area contributed by atoms with Crippen LogP contribution in [0.2, 0.25) is 0 Å². The van der Waals surface area contributed by atoms with Crippen LogP contribution >= 0.6 is 0 Å². The van der Waals surface area contributed by atoms with Gasteiger partial charge in [0.2, 0.25) is 5.91 Å². The molecule has 2 heterocycles. The number of likely N-dealkylation sites (tertiary alicyclic amines) is 1. The normalized spacial score (nSPS) is 17.9. The maximum Gasteiger partial charge on any atom is 0.258 e. The zero-order valence-corrected chi connectivity index (χ0v) is 20.4. The van der Waals surface area contributed by atoms with Gasteiger partial charge in [0, 0.05) is 48.6 Å². The van der Waals surface area contributed by atoms with Gasteiger partial charge in [0.25, 0.3) is 5.91 Å². The maximum absolute atomic E-state index is 13.5. The van der Waals surface area contributed by atoms with Gasteiger partial charge in [-0.2, -0.15) is 0 Å². The van der Waals surface area contributed by atoms with Crippen molar-refractivity contribution < 1.29 is 9.59 Å². The quantitative estimate of drug-likeness (QED) is 0.510. The number of amides is 2. The van der Waals surface area contributed by atoms with Crippen molar-refractivity contribution in [2.24, 2.45) is 5.92 Å². The van der Waals surface area contributed by atoms with Gasteiger partial charge >= 0.3 is 0 Å². The fourth-order valence-electron chi connectivity index (χ4n) is 5.64. The number of benzene rings is 2. The highest BCUT2D eigenvalue weighted by Gasteiger charge is 2.26. The number of hydrogen-bond acceptors (Lipinski definition) is 3. The number of carbonyl (C=O) groups excluding carboxylic acids is 2. The van der Waals surface area contributed by atoms with Crippen molar-refractivity contribution in [3.63, 3.8) is 0 Å². The fraction of sp³-hybridized carbons (Fsp3) is 0.448. The van der Waals surface area contributed by atoms with E-state index in [4.69, 9.17) is 0 Å². The molecule has 1 saturated carbocycles. The Balaban J connectivity index is 1.20. The highest BCUT2D eigenvalue weighted by atomic mass is 16.2. The summed E-state index contributed by atoms with van der Waals surface area (Å²) in [4.78, 5) is 33.9. The van der Waals surface area contributed by atoms with Crippen molar-refractivity contribution in [2.45, 2.75) is 51.0 Å². The number of H-pyrrole nitrogens is 1. The zero-order chi connectivity index (χ0) is 24.0. The number of aromatic nitrogens is 1. The van der Waals surface area contributed by atoms with Gasteiger partial charge < -0.3 is 15.2 Å². The molecule has 2 fully saturated rings. The molecule has 3 aromatic rings. The van der Waals surface area contributed by atoms with E-state index in [9.17, 15) is 9.59 Å². The van der Waals surface area contributed by atoms with E-state index in [1.54, 1.807) is 4.90 Å². The Bertz CT molecular complexity index is 1130.